The van der Waals surface area contributed by atoms with Crippen molar-refractivity contribution in [2.75, 3.05) is 0 Å². The highest BCUT2D eigenvalue weighted by Gasteiger charge is 2.28. The average molecular weight is 416 g/mol. The van der Waals surface area contributed by atoms with Crippen LogP contribution in [0.15, 0.2) is 91.1 Å². The molecular formula is C27H21N5. The van der Waals surface area contributed by atoms with E-state index in [-0.39, 0.29) is 0 Å². The van der Waals surface area contributed by atoms with E-state index >= 15 is 0 Å². The number of fused-ring (bicyclic) bond motifs is 1. The monoisotopic (exact) mass is 415 g/mol. The van der Waals surface area contributed by atoms with Crippen LogP contribution in [0.2, 0.25) is 0 Å². The molecule has 0 aliphatic carbocycles. The molecule has 0 unspecified atom stereocenters. The van der Waals surface area contributed by atoms with Gasteiger partial charge in [0.25, 0.3) is 0 Å². The van der Waals surface area contributed by atoms with Gasteiger partial charge in [-0.15, -0.1) is 0 Å². The molecule has 154 valence electrons. The Morgan fingerprint density at radius 1 is 0.781 bits per heavy atom. The van der Waals surface area contributed by atoms with Crippen molar-refractivity contribution in [3.05, 3.63) is 108 Å². The van der Waals surface area contributed by atoms with E-state index in [1.54, 1.807) is 10.7 Å². The summed E-state index contributed by atoms with van der Waals surface area (Å²) in [7, 11) is 0. The fraction of sp³-hybridized carbons (Fsp3) is 0.111. The van der Waals surface area contributed by atoms with E-state index in [1.165, 1.54) is 10.8 Å². The van der Waals surface area contributed by atoms with Crippen LogP contribution in [-0.4, -0.2) is 19.7 Å². The topological polar surface area (TPSA) is 67.4 Å². The van der Waals surface area contributed by atoms with Gasteiger partial charge in [0.05, 0.1) is 22.5 Å². The summed E-state index contributed by atoms with van der Waals surface area (Å²) in [5.74, 6) is 0.614. The molecule has 0 atom stereocenters. The van der Waals surface area contributed by atoms with Crippen LogP contribution in [0, 0.1) is 11.3 Å². The van der Waals surface area contributed by atoms with Gasteiger partial charge < -0.3 is 0 Å². The number of hydrogen-bond donors (Lipinski definition) is 0. The van der Waals surface area contributed by atoms with E-state index in [2.05, 4.69) is 79.5 Å². The lowest BCUT2D eigenvalue weighted by atomic mass is 9.85. The zero-order valence-electron chi connectivity index (χ0n) is 17.9. The minimum Gasteiger partial charge on any atom is -0.252 e. The van der Waals surface area contributed by atoms with Gasteiger partial charge in [0.1, 0.15) is 11.8 Å². The van der Waals surface area contributed by atoms with Gasteiger partial charge in [-0.3, -0.25) is 4.98 Å². The van der Waals surface area contributed by atoms with Gasteiger partial charge in [0.15, 0.2) is 5.82 Å². The third kappa shape index (κ3) is 3.42. The molecule has 0 fully saturated rings. The molecule has 0 radical (unpaired) electrons. The molecule has 0 amide bonds. The summed E-state index contributed by atoms with van der Waals surface area (Å²) in [6.07, 6.45) is 1.87. The molecule has 32 heavy (non-hydrogen) atoms. The van der Waals surface area contributed by atoms with Crippen LogP contribution in [0.3, 0.4) is 0 Å². The molecule has 5 rings (SSSR count). The third-order valence-electron chi connectivity index (χ3n) is 5.77. The lowest BCUT2D eigenvalue weighted by molar-refractivity contribution is 0.585. The second-order valence-corrected chi connectivity index (χ2v) is 8.20. The minimum absolute atomic E-state index is 0.364. The number of aromatic nitrogens is 4. The van der Waals surface area contributed by atoms with Gasteiger partial charge in [-0.1, -0.05) is 54.6 Å². The summed E-state index contributed by atoms with van der Waals surface area (Å²) in [6, 6.07) is 30.2. The number of hydrogen-bond acceptors (Lipinski definition) is 4. The maximum absolute atomic E-state index is 9.13. The Morgan fingerprint density at radius 2 is 1.56 bits per heavy atom. The second-order valence-electron chi connectivity index (χ2n) is 8.20. The maximum atomic E-state index is 9.13. The van der Waals surface area contributed by atoms with E-state index < -0.39 is 5.41 Å². The summed E-state index contributed by atoms with van der Waals surface area (Å²) >= 11 is 0. The highest BCUT2D eigenvalue weighted by molar-refractivity contribution is 5.95. The fourth-order valence-electron chi connectivity index (χ4n) is 3.91. The Kier molecular flexibility index (Phi) is 4.76. The normalized spacial score (nSPS) is 11.4. The van der Waals surface area contributed by atoms with E-state index in [9.17, 15) is 0 Å². The van der Waals surface area contributed by atoms with Crippen molar-refractivity contribution in [1.82, 2.24) is 19.7 Å². The van der Waals surface area contributed by atoms with Crippen LogP contribution < -0.4 is 0 Å². The van der Waals surface area contributed by atoms with Crippen molar-refractivity contribution in [2.24, 2.45) is 0 Å². The van der Waals surface area contributed by atoms with Gasteiger partial charge in [-0.05, 0) is 55.0 Å². The standard InChI is InChI=1S/C27H21N5/c1-27(2,25-16-17-32(31-25)26-15-6-10-20(18-28)29-26)24-14-7-13-23(30-24)22-12-5-9-19-8-3-4-11-21(19)22/h3-17H,1-2H3. The maximum Gasteiger partial charge on any atom is 0.154 e. The lowest BCUT2D eigenvalue weighted by Crippen LogP contribution is -2.22. The summed E-state index contributed by atoms with van der Waals surface area (Å²) in [5.41, 5.74) is 3.82. The zero-order chi connectivity index (χ0) is 22.1. The molecule has 2 aromatic carbocycles. The fourth-order valence-corrected chi connectivity index (χ4v) is 3.91. The van der Waals surface area contributed by atoms with Gasteiger partial charge in [-0.25, -0.2) is 9.67 Å². The number of pyridine rings is 2. The number of nitrogens with zero attached hydrogens (tertiary/aromatic N) is 5. The van der Waals surface area contributed by atoms with Gasteiger partial charge in [-0.2, -0.15) is 10.4 Å². The van der Waals surface area contributed by atoms with Gasteiger partial charge in [0, 0.05) is 11.8 Å². The van der Waals surface area contributed by atoms with E-state index in [0.29, 0.717) is 11.5 Å². The van der Waals surface area contributed by atoms with Crippen LogP contribution in [0.25, 0.3) is 27.8 Å². The number of rotatable bonds is 4. The first-order valence-electron chi connectivity index (χ1n) is 10.5. The molecule has 0 bridgehead atoms. The molecule has 3 heterocycles. The van der Waals surface area contributed by atoms with Crippen LogP contribution in [-0.2, 0) is 5.41 Å². The molecule has 5 nitrogen and oxygen atoms in total. The first kappa shape index (κ1) is 19.7. The molecule has 3 aromatic heterocycles. The first-order chi connectivity index (χ1) is 15.6. The number of nitriles is 1. The van der Waals surface area contributed by atoms with Crippen LogP contribution >= 0.6 is 0 Å². The summed E-state index contributed by atoms with van der Waals surface area (Å²) in [5, 5.41) is 16.3. The summed E-state index contributed by atoms with van der Waals surface area (Å²) in [6.45, 7) is 4.24. The summed E-state index contributed by atoms with van der Waals surface area (Å²) < 4.78 is 1.70. The predicted molar refractivity (Wildman–Crippen MR) is 125 cm³/mol. The summed E-state index contributed by atoms with van der Waals surface area (Å²) in [4.78, 5) is 9.38. The van der Waals surface area contributed by atoms with Crippen LogP contribution in [0.4, 0.5) is 0 Å². The van der Waals surface area contributed by atoms with E-state index in [1.807, 2.05) is 30.5 Å². The van der Waals surface area contributed by atoms with E-state index in [0.717, 1.165) is 22.6 Å². The molecule has 0 saturated heterocycles. The Morgan fingerprint density at radius 3 is 2.44 bits per heavy atom. The van der Waals surface area contributed by atoms with Gasteiger partial charge >= 0.3 is 0 Å². The SMILES string of the molecule is CC(C)(c1cccc(-c2cccc3ccccc23)n1)c1ccn(-c2cccc(C#N)n2)n1. The predicted octanol–water partition coefficient (Wildman–Crippen LogP) is 5.68. The van der Waals surface area contributed by atoms with Crippen molar-refractivity contribution < 1.29 is 0 Å². The molecule has 0 aliphatic rings. The number of benzene rings is 2. The Balaban J connectivity index is 1.54. The molecule has 5 heteroatoms. The van der Waals surface area contributed by atoms with Gasteiger partial charge in [0.2, 0.25) is 0 Å². The van der Waals surface area contributed by atoms with Crippen molar-refractivity contribution in [1.29, 1.82) is 5.26 Å². The van der Waals surface area contributed by atoms with Crippen molar-refractivity contribution >= 4 is 10.8 Å². The van der Waals surface area contributed by atoms with Crippen molar-refractivity contribution in [3.63, 3.8) is 0 Å². The molecule has 0 spiro atoms. The quantitative estimate of drug-likeness (QED) is 0.379. The first-order valence-corrected chi connectivity index (χ1v) is 10.5. The highest BCUT2D eigenvalue weighted by atomic mass is 15.3. The molecule has 5 aromatic rings. The Bertz CT molecular complexity index is 1470. The Hall–Kier alpha value is -4.30. The van der Waals surface area contributed by atoms with Crippen molar-refractivity contribution in [3.8, 4) is 23.1 Å². The highest BCUT2D eigenvalue weighted by Crippen LogP contribution is 2.32. The van der Waals surface area contributed by atoms with Crippen LogP contribution in [0.1, 0.15) is 30.9 Å². The Labute approximate surface area is 186 Å². The minimum atomic E-state index is -0.418. The molecular weight excluding hydrogens is 394 g/mol. The van der Waals surface area contributed by atoms with Crippen LogP contribution in [0.5, 0.6) is 0 Å². The largest absolute Gasteiger partial charge is 0.252 e. The smallest absolute Gasteiger partial charge is 0.154 e. The van der Waals surface area contributed by atoms with Crippen molar-refractivity contribution in [2.45, 2.75) is 19.3 Å². The average Bonchev–Trinajstić information content (AvgIpc) is 3.35. The zero-order valence-corrected chi connectivity index (χ0v) is 17.9. The lowest BCUT2D eigenvalue weighted by Gasteiger charge is -2.22. The molecule has 0 N–H and O–H groups in total. The molecule has 0 saturated carbocycles. The molecule has 0 aliphatic heterocycles. The van der Waals surface area contributed by atoms with E-state index in [4.69, 9.17) is 15.3 Å². The second kappa shape index (κ2) is 7.75. The third-order valence-corrected chi connectivity index (χ3v) is 5.77.